The van der Waals surface area contributed by atoms with Gasteiger partial charge < -0.3 is 9.88 Å². The van der Waals surface area contributed by atoms with Gasteiger partial charge in [-0.2, -0.15) is 0 Å². The number of rotatable bonds is 2. The summed E-state index contributed by atoms with van der Waals surface area (Å²) in [5.74, 6) is 0.995. The summed E-state index contributed by atoms with van der Waals surface area (Å²) in [4.78, 5) is 29.4. The predicted molar refractivity (Wildman–Crippen MR) is 81.5 cm³/mol. The summed E-state index contributed by atoms with van der Waals surface area (Å²) in [7, 11) is 2.07. The average Bonchev–Trinajstić information content (AvgIpc) is 3.08. The van der Waals surface area contributed by atoms with E-state index in [9.17, 15) is 4.79 Å². The van der Waals surface area contributed by atoms with Gasteiger partial charge in [0.1, 0.15) is 10.7 Å². The second-order valence-corrected chi connectivity index (χ2v) is 6.57. The molecule has 3 rings (SSSR count). The first-order valence-corrected chi connectivity index (χ1v) is 7.80. The van der Waals surface area contributed by atoms with Gasteiger partial charge in [-0.25, -0.2) is 9.97 Å². The van der Waals surface area contributed by atoms with Gasteiger partial charge in [-0.3, -0.25) is 9.69 Å². The third-order valence-corrected chi connectivity index (χ3v) is 4.93. The van der Waals surface area contributed by atoms with Crippen LogP contribution in [0.2, 0.25) is 0 Å². The normalized spacial score (nSPS) is 20.0. The molecule has 3 heterocycles. The maximum atomic E-state index is 12.7. The van der Waals surface area contributed by atoms with Crippen molar-refractivity contribution in [1.29, 1.82) is 0 Å². The number of aryl methyl sites for hydroxylation is 2. The highest BCUT2D eigenvalue weighted by Gasteiger charge is 2.31. The van der Waals surface area contributed by atoms with E-state index in [1.165, 1.54) is 11.3 Å². The van der Waals surface area contributed by atoms with Gasteiger partial charge in [0, 0.05) is 32.0 Å². The second-order valence-electron chi connectivity index (χ2n) is 5.37. The zero-order valence-electron chi connectivity index (χ0n) is 12.5. The molecule has 21 heavy (non-hydrogen) atoms. The fraction of sp³-hybridized carbons (Fsp3) is 0.500. The molecule has 1 amide bonds. The van der Waals surface area contributed by atoms with Crippen LogP contribution in [0.1, 0.15) is 32.2 Å². The third kappa shape index (κ3) is 2.71. The van der Waals surface area contributed by atoms with E-state index in [2.05, 4.69) is 26.9 Å². The molecule has 0 radical (unpaired) electrons. The summed E-state index contributed by atoms with van der Waals surface area (Å²) in [5.41, 5.74) is 0.830. The van der Waals surface area contributed by atoms with Crippen LogP contribution in [-0.4, -0.2) is 57.3 Å². The Hall–Kier alpha value is -1.73. The predicted octanol–water partition coefficient (Wildman–Crippen LogP) is 1.61. The van der Waals surface area contributed by atoms with Crippen LogP contribution in [0.15, 0.2) is 12.4 Å². The number of aromatic nitrogens is 3. The Morgan fingerprint density at radius 2 is 2.24 bits per heavy atom. The molecular weight excluding hydrogens is 286 g/mol. The Labute approximate surface area is 127 Å². The smallest absolute Gasteiger partial charge is 0.265 e. The van der Waals surface area contributed by atoms with Crippen molar-refractivity contribution in [2.75, 3.05) is 26.7 Å². The maximum absolute atomic E-state index is 12.7. The van der Waals surface area contributed by atoms with Crippen LogP contribution in [0.3, 0.4) is 0 Å². The summed E-state index contributed by atoms with van der Waals surface area (Å²) >= 11 is 1.48. The number of piperazine rings is 1. The Kier molecular flexibility index (Phi) is 3.77. The van der Waals surface area contributed by atoms with Gasteiger partial charge in [-0.05, 0) is 20.9 Å². The van der Waals surface area contributed by atoms with Crippen LogP contribution < -0.4 is 0 Å². The molecule has 6 nitrogen and oxygen atoms in total. The number of thiazole rings is 1. The van der Waals surface area contributed by atoms with Gasteiger partial charge in [0.25, 0.3) is 5.91 Å². The fourth-order valence-corrected chi connectivity index (χ4v) is 3.57. The van der Waals surface area contributed by atoms with Crippen LogP contribution >= 0.6 is 11.3 Å². The maximum Gasteiger partial charge on any atom is 0.265 e. The Balaban J connectivity index is 1.80. The number of imidazole rings is 1. The van der Waals surface area contributed by atoms with Gasteiger partial charge in [-0.15, -0.1) is 11.3 Å². The van der Waals surface area contributed by atoms with Crippen molar-refractivity contribution >= 4 is 17.2 Å². The summed E-state index contributed by atoms with van der Waals surface area (Å²) in [6.07, 6.45) is 3.57. The van der Waals surface area contributed by atoms with Gasteiger partial charge >= 0.3 is 0 Å². The molecule has 1 aliphatic heterocycles. The second kappa shape index (κ2) is 5.57. The number of hydrogen-bond donors (Lipinski definition) is 1. The first kappa shape index (κ1) is 14.2. The number of nitrogens with zero attached hydrogens (tertiary/aromatic N) is 4. The monoisotopic (exact) mass is 305 g/mol. The zero-order chi connectivity index (χ0) is 15.0. The van der Waals surface area contributed by atoms with Crippen LogP contribution in [-0.2, 0) is 0 Å². The average molecular weight is 305 g/mol. The van der Waals surface area contributed by atoms with Crippen molar-refractivity contribution in [2.45, 2.75) is 19.9 Å². The van der Waals surface area contributed by atoms with Crippen molar-refractivity contribution in [3.8, 4) is 0 Å². The SMILES string of the molecule is Cc1nc(C)c(C(=O)N2CCN(C)[C@@H](c3ncc[nH]3)C2)s1. The molecule has 1 aliphatic rings. The number of nitrogens with one attached hydrogen (secondary N) is 1. The van der Waals surface area contributed by atoms with E-state index in [1.54, 1.807) is 6.20 Å². The minimum atomic E-state index is 0.0859. The highest BCUT2D eigenvalue weighted by Crippen LogP contribution is 2.25. The highest BCUT2D eigenvalue weighted by molar-refractivity contribution is 7.13. The molecule has 0 bridgehead atoms. The lowest BCUT2D eigenvalue weighted by Gasteiger charge is -2.38. The van der Waals surface area contributed by atoms with Crippen LogP contribution in [0.25, 0.3) is 0 Å². The van der Waals surface area contributed by atoms with Crippen molar-refractivity contribution in [3.05, 3.63) is 33.8 Å². The Morgan fingerprint density at radius 1 is 1.43 bits per heavy atom. The van der Waals surface area contributed by atoms with Crippen molar-refractivity contribution in [2.24, 2.45) is 0 Å². The summed E-state index contributed by atoms with van der Waals surface area (Å²) in [6.45, 7) is 6.07. The minimum absolute atomic E-state index is 0.0859. The number of H-pyrrole nitrogens is 1. The molecule has 2 aromatic heterocycles. The minimum Gasteiger partial charge on any atom is -0.347 e. The number of likely N-dealkylation sites (N-methyl/N-ethyl adjacent to an activating group) is 1. The van der Waals surface area contributed by atoms with E-state index >= 15 is 0 Å². The summed E-state index contributed by atoms with van der Waals surface area (Å²) in [5, 5.41) is 0.938. The molecule has 2 aromatic rings. The fourth-order valence-electron chi connectivity index (χ4n) is 2.69. The van der Waals surface area contributed by atoms with E-state index in [-0.39, 0.29) is 11.9 Å². The van der Waals surface area contributed by atoms with Crippen LogP contribution in [0.4, 0.5) is 0 Å². The van der Waals surface area contributed by atoms with Crippen molar-refractivity contribution < 1.29 is 4.79 Å². The molecule has 0 aliphatic carbocycles. The third-order valence-electron chi connectivity index (χ3n) is 3.87. The first-order chi connectivity index (χ1) is 10.1. The number of aromatic amines is 1. The Morgan fingerprint density at radius 3 is 2.86 bits per heavy atom. The van der Waals surface area contributed by atoms with Gasteiger partial charge in [0.15, 0.2) is 0 Å². The van der Waals surface area contributed by atoms with Crippen LogP contribution in [0.5, 0.6) is 0 Å². The van der Waals surface area contributed by atoms with E-state index < -0.39 is 0 Å². The number of carbonyl (C=O) groups is 1. The molecular formula is C14H19N5OS. The molecule has 0 aromatic carbocycles. The molecule has 1 fully saturated rings. The standard InChI is InChI=1S/C14H19N5OS/c1-9-12(21-10(2)17-9)14(20)19-7-6-18(3)11(8-19)13-15-4-5-16-13/h4-5,11H,6-8H2,1-3H3,(H,15,16)/t11-/m1/s1. The molecule has 0 spiro atoms. The Bertz CT molecular complexity index is 636. The molecule has 0 unspecified atom stereocenters. The van der Waals surface area contributed by atoms with Crippen LogP contribution in [0, 0.1) is 13.8 Å². The highest BCUT2D eigenvalue weighted by atomic mass is 32.1. The number of amides is 1. The number of hydrogen-bond acceptors (Lipinski definition) is 5. The number of carbonyl (C=O) groups excluding carboxylic acids is 1. The topological polar surface area (TPSA) is 65.1 Å². The molecule has 7 heteroatoms. The van der Waals surface area contributed by atoms with Gasteiger partial charge in [-0.1, -0.05) is 0 Å². The van der Waals surface area contributed by atoms with E-state index in [1.807, 2.05) is 24.9 Å². The lowest BCUT2D eigenvalue weighted by atomic mass is 10.1. The van der Waals surface area contributed by atoms with E-state index in [4.69, 9.17) is 0 Å². The van der Waals surface area contributed by atoms with E-state index in [0.717, 1.165) is 34.5 Å². The van der Waals surface area contributed by atoms with Crippen molar-refractivity contribution in [1.82, 2.24) is 24.8 Å². The molecule has 1 N–H and O–H groups in total. The van der Waals surface area contributed by atoms with E-state index in [0.29, 0.717) is 6.54 Å². The molecule has 0 saturated carbocycles. The first-order valence-electron chi connectivity index (χ1n) is 6.99. The zero-order valence-corrected chi connectivity index (χ0v) is 13.3. The molecule has 1 atom stereocenters. The lowest BCUT2D eigenvalue weighted by Crippen LogP contribution is -2.49. The largest absolute Gasteiger partial charge is 0.347 e. The lowest BCUT2D eigenvalue weighted by molar-refractivity contribution is 0.0538. The molecule has 1 saturated heterocycles. The molecule has 112 valence electrons. The van der Waals surface area contributed by atoms with Gasteiger partial charge in [0.05, 0.1) is 16.7 Å². The van der Waals surface area contributed by atoms with Crippen molar-refractivity contribution in [3.63, 3.8) is 0 Å². The quantitative estimate of drug-likeness (QED) is 0.915. The summed E-state index contributed by atoms with van der Waals surface area (Å²) in [6, 6.07) is 0.118. The van der Waals surface area contributed by atoms with Gasteiger partial charge in [0.2, 0.25) is 0 Å². The summed E-state index contributed by atoms with van der Waals surface area (Å²) < 4.78 is 0.